The van der Waals surface area contributed by atoms with Gasteiger partial charge in [0.2, 0.25) is 0 Å². The normalized spacial score (nSPS) is 21.4. The summed E-state index contributed by atoms with van der Waals surface area (Å²) in [4.78, 5) is 24.8. The van der Waals surface area contributed by atoms with Crippen molar-refractivity contribution in [2.75, 3.05) is 13.1 Å². The zero-order chi connectivity index (χ0) is 18.6. The fourth-order valence-electron chi connectivity index (χ4n) is 2.74. The molecule has 25 heavy (non-hydrogen) atoms. The third-order valence-electron chi connectivity index (χ3n) is 3.94. The van der Waals surface area contributed by atoms with Gasteiger partial charge in [0.05, 0.1) is 12.1 Å². The summed E-state index contributed by atoms with van der Waals surface area (Å²) in [6, 6.07) is 6.10. The van der Waals surface area contributed by atoms with E-state index in [9.17, 15) is 14.7 Å². The van der Waals surface area contributed by atoms with E-state index in [0.29, 0.717) is 30.7 Å². The number of hydrogen-bond donors (Lipinski definition) is 3. The van der Waals surface area contributed by atoms with Gasteiger partial charge in [0, 0.05) is 18.7 Å². The van der Waals surface area contributed by atoms with Crippen LogP contribution in [0.5, 0.6) is 5.75 Å². The van der Waals surface area contributed by atoms with E-state index in [1.54, 1.807) is 24.3 Å². The molecule has 1 aromatic rings. The molecule has 1 heterocycles. The van der Waals surface area contributed by atoms with Crippen molar-refractivity contribution in [3.05, 3.63) is 29.8 Å². The van der Waals surface area contributed by atoms with Crippen molar-refractivity contribution in [2.24, 2.45) is 0 Å². The Bertz CT molecular complexity index is 609. The molecule has 0 unspecified atom stereocenters. The molecule has 1 aromatic carbocycles. The van der Waals surface area contributed by atoms with Gasteiger partial charge in [0.25, 0.3) is 5.91 Å². The minimum Gasteiger partial charge on any atom is -0.488 e. The standard InChI is InChI=1S/C18H26N2O5/c1-18(2,3)25-13-8-6-12(7-9-13)16(22)19-14-11-20(17(23)24)10-4-5-15(14)21/h6-9,14-15,21H,4-5,10-11H2,1-3H3,(H,19,22)(H,23,24)/t14-,15+/m1/s1. The monoisotopic (exact) mass is 350 g/mol. The number of carbonyl (C=O) groups is 2. The number of aliphatic hydroxyl groups is 1. The number of amides is 2. The van der Waals surface area contributed by atoms with Gasteiger partial charge in [-0.15, -0.1) is 0 Å². The summed E-state index contributed by atoms with van der Waals surface area (Å²) in [5, 5.41) is 22.1. The molecule has 0 radical (unpaired) electrons. The van der Waals surface area contributed by atoms with Crippen LogP contribution < -0.4 is 10.1 Å². The molecule has 3 N–H and O–H groups in total. The van der Waals surface area contributed by atoms with Crippen molar-refractivity contribution in [1.82, 2.24) is 10.2 Å². The SMILES string of the molecule is CC(C)(C)Oc1ccc(C(=O)N[C@@H]2CN(C(=O)O)CCC[C@@H]2O)cc1. The quantitative estimate of drug-likeness (QED) is 0.775. The molecule has 1 aliphatic rings. The number of carbonyl (C=O) groups excluding carboxylic acids is 1. The zero-order valence-electron chi connectivity index (χ0n) is 14.9. The first-order valence-electron chi connectivity index (χ1n) is 8.41. The minimum atomic E-state index is -1.04. The molecule has 138 valence electrons. The first kappa shape index (κ1) is 19.1. The van der Waals surface area contributed by atoms with Crippen LogP contribution in [0.25, 0.3) is 0 Å². The number of likely N-dealkylation sites (tertiary alicyclic amines) is 1. The van der Waals surface area contributed by atoms with Crippen molar-refractivity contribution in [3.8, 4) is 5.75 Å². The van der Waals surface area contributed by atoms with Crippen LogP contribution in [-0.2, 0) is 0 Å². The van der Waals surface area contributed by atoms with Crippen LogP contribution in [0.4, 0.5) is 4.79 Å². The van der Waals surface area contributed by atoms with E-state index in [-0.39, 0.29) is 18.1 Å². The molecule has 0 spiro atoms. The van der Waals surface area contributed by atoms with E-state index in [1.807, 2.05) is 20.8 Å². The van der Waals surface area contributed by atoms with Crippen LogP contribution in [0.15, 0.2) is 24.3 Å². The number of nitrogens with one attached hydrogen (secondary N) is 1. The Labute approximate surface area is 147 Å². The summed E-state index contributed by atoms with van der Waals surface area (Å²) in [7, 11) is 0. The highest BCUT2D eigenvalue weighted by molar-refractivity contribution is 5.94. The average Bonchev–Trinajstić information content (AvgIpc) is 2.69. The van der Waals surface area contributed by atoms with E-state index < -0.39 is 18.2 Å². The van der Waals surface area contributed by atoms with Gasteiger partial charge in [-0.25, -0.2) is 4.79 Å². The first-order valence-corrected chi connectivity index (χ1v) is 8.41. The van der Waals surface area contributed by atoms with Crippen molar-refractivity contribution in [2.45, 2.75) is 51.4 Å². The first-order chi connectivity index (χ1) is 11.7. The van der Waals surface area contributed by atoms with Crippen LogP contribution in [0, 0.1) is 0 Å². The Kier molecular flexibility index (Phi) is 5.89. The molecule has 0 aromatic heterocycles. The molecule has 0 aliphatic carbocycles. The summed E-state index contributed by atoms with van der Waals surface area (Å²) in [5.41, 5.74) is 0.105. The highest BCUT2D eigenvalue weighted by Gasteiger charge is 2.29. The maximum atomic E-state index is 12.4. The molecule has 7 heteroatoms. The van der Waals surface area contributed by atoms with Crippen LogP contribution >= 0.6 is 0 Å². The fourth-order valence-corrected chi connectivity index (χ4v) is 2.74. The number of aliphatic hydroxyl groups excluding tert-OH is 1. The van der Waals surface area contributed by atoms with Gasteiger partial charge in [0.1, 0.15) is 11.4 Å². The van der Waals surface area contributed by atoms with Gasteiger partial charge in [-0.2, -0.15) is 0 Å². The number of benzene rings is 1. The van der Waals surface area contributed by atoms with E-state index in [2.05, 4.69) is 5.32 Å². The lowest BCUT2D eigenvalue weighted by molar-refractivity contribution is 0.0792. The summed E-state index contributed by atoms with van der Waals surface area (Å²) in [6.45, 7) is 6.25. The van der Waals surface area contributed by atoms with Crippen molar-refractivity contribution < 1.29 is 24.5 Å². The Balaban J connectivity index is 2.03. The third-order valence-corrected chi connectivity index (χ3v) is 3.94. The van der Waals surface area contributed by atoms with E-state index in [1.165, 1.54) is 4.90 Å². The van der Waals surface area contributed by atoms with Crippen LogP contribution in [-0.4, -0.2) is 57.9 Å². The molecule has 2 rings (SSSR count). The number of hydrogen-bond acceptors (Lipinski definition) is 4. The predicted octanol–water partition coefficient (Wildman–Crippen LogP) is 2.10. The molecular formula is C18H26N2O5. The van der Waals surface area contributed by atoms with Crippen LogP contribution in [0.3, 0.4) is 0 Å². The van der Waals surface area contributed by atoms with Gasteiger partial charge in [-0.3, -0.25) is 4.79 Å². The number of carboxylic acid groups (broad SMARTS) is 1. The topological polar surface area (TPSA) is 99.1 Å². The summed E-state index contributed by atoms with van der Waals surface area (Å²) in [6.07, 6.45) is -0.792. The maximum Gasteiger partial charge on any atom is 0.407 e. The number of rotatable bonds is 3. The Morgan fingerprint density at radius 2 is 1.88 bits per heavy atom. The molecule has 1 aliphatic heterocycles. The Hall–Kier alpha value is -2.28. The maximum absolute atomic E-state index is 12.4. The number of nitrogens with zero attached hydrogens (tertiary/aromatic N) is 1. The molecule has 0 bridgehead atoms. The second kappa shape index (κ2) is 7.74. The smallest absolute Gasteiger partial charge is 0.407 e. The average molecular weight is 350 g/mol. The summed E-state index contributed by atoms with van der Waals surface area (Å²) < 4.78 is 5.72. The second-order valence-corrected chi connectivity index (χ2v) is 7.26. The van der Waals surface area contributed by atoms with Crippen molar-refractivity contribution in [3.63, 3.8) is 0 Å². The largest absolute Gasteiger partial charge is 0.488 e. The highest BCUT2D eigenvalue weighted by Crippen LogP contribution is 2.19. The molecule has 2 atom stereocenters. The predicted molar refractivity (Wildman–Crippen MR) is 92.9 cm³/mol. The van der Waals surface area contributed by atoms with E-state index in [0.717, 1.165) is 0 Å². The highest BCUT2D eigenvalue weighted by atomic mass is 16.5. The molecule has 1 fully saturated rings. The summed E-state index contributed by atoms with van der Waals surface area (Å²) >= 11 is 0. The minimum absolute atomic E-state index is 0.0768. The van der Waals surface area contributed by atoms with Crippen LogP contribution in [0.2, 0.25) is 0 Å². The van der Waals surface area contributed by atoms with Crippen molar-refractivity contribution >= 4 is 12.0 Å². The molecule has 2 amide bonds. The van der Waals surface area contributed by atoms with Gasteiger partial charge in [-0.05, 0) is 57.9 Å². The molecule has 0 saturated carbocycles. The lowest BCUT2D eigenvalue weighted by Gasteiger charge is -2.25. The third kappa shape index (κ3) is 5.63. The molecule has 7 nitrogen and oxygen atoms in total. The van der Waals surface area contributed by atoms with E-state index >= 15 is 0 Å². The van der Waals surface area contributed by atoms with Gasteiger partial charge in [-0.1, -0.05) is 0 Å². The molecule has 1 saturated heterocycles. The van der Waals surface area contributed by atoms with Gasteiger partial charge >= 0.3 is 6.09 Å². The van der Waals surface area contributed by atoms with E-state index in [4.69, 9.17) is 9.84 Å². The fraction of sp³-hybridized carbons (Fsp3) is 0.556. The Morgan fingerprint density at radius 3 is 2.44 bits per heavy atom. The Morgan fingerprint density at radius 1 is 1.24 bits per heavy atom. The molecular weight excluding hydrogens is 324 g/mol. The lowest BCUT2D eigenvalue weighted by Crippen LogP contribution is -2.49. The summed E-state index contributed by atoms with van der Waals surface area (Å²) in [5.74, 6) is 0.314. The number of ether oxygens (including phenoxy) is 1. The van der Waals surface area contributed by atoms with Gasteiger partial charge < -0.3 is 25.2 Å². The second-order valence-electron chi connectivity index (χ2n) is 7.26. The van der Waals surface area contributed by atoms with Crippen molar-refractivity contribution in [1.29, 1.82) is 0 Å². The zero-order valence-corrected chi connectivity index (χ0v) is 14.9. The van der Waals surface area contributed by atoms with Crippen LogP contribution in [0.1, 0.15) is 44.0 Å². The lowest BCUT2D eigenvalue weighted by atomic mass is 10.1. The van der Waals surface area contributed by atoms with Gasteiger partial charge in [0.15, 0.2) is 0 Å².